The highest BCUT2D eigenvalue weighted by molar-refractivity contribution is 7.08. The first-order valence-corrected chi connectivity index (χ1v) is 10.0. The zero-order valence-corrected chi connectivity index (χ0v) is 15.2. The molecule has 2 bridgehead atoms. The number of aromatic nitrogens is 3. The van der Waals surface area contributed by atoms with E-state index in [1.165, 1.54) is 0 Å². The number of carbonyl (C=O) groups is 1. The number of thiophene rings is 1. The van der Waals surface area contributed by atoms with Crippen LogP contribution in [0.3, 0.4) is 0 Å². The van der Waals surface area contributed by atoms with Gasteiger partial charge < -0.3 is 9.47 Å². The van der Waals surface area contributed by atoms with Crippen molar-refractivity contribution in [3.63, 3.8) is 0 Å². The molecule has 1 aromatic carbocycles. The third-order valence-electron chi connectivity index (χ3n) is 5.51. The summed E-state index contributed by atoms with van der Waals surface area (Å²) in [6.07, 6.45) is 3.42. The van der Waals surface area contributed by atoms with Crippen molar-refractivity contribution in [2.45, 2.75) is 44.3 Å². The summed E-state index contributed by atoms with van der Waals surface area (Å²) >= 11 is 1.65. The molecular weight excluding hydrogens is 344 g/mol. The fraction of sp³-hybridized carbons (Fsp3) is 0.350. The second-order valence-electron chi connectivity index (χ2n) is 7.11. The molecule has 4 heterocycles. The van der Waals surface area contributed by atoms with Crippen LogP contribution in [0, 0.1) is 0 Å². The minimum atomic E-state index is 0.242. The second kappa shape index (κ2) is 6.36. The van der Waals surface area contributed by atoms with Gasteiger partial charge in [0.05, 0.1) is 12.5 Å². The first-order valence-electron chi connectivity index (χ1n) is 9.09. The van der Waals surface area contributed by atoms with E-state index in [1.807, 2.05) is 29.6 Å². The van der Waals surface area contributed by atoms with Crippen molar-refractivity contribution >= 4 is 17.2 Å². The van der Waals surface area contributed by atoms with Gasteiger partial charge in [0.1, 0.15) is 5.82 Å². The van der Waals surface area contributed by atoms with Gasteiger partial charge in [-0.25, -0.2) is 0 Å². The molecule has 26 heavy (non-hydrogen) atoms. The molecule has 132 valence electrons. The molecule has 1 fully saturated rings. The van der Waals surface area contributed by atoms with Crippen LogP contribution in [0.1, 0.15) is 24.2 Å². The van der Waals surface area contributed by atoms with Gasteiger partial charge in [0.15, 0.2) is 5.82 Å². The highest BCUT2D eigenvalue weighted by Gasteiger charge is 2.40. The Bertz CT molecular complexity index is 919. The largest absolute Gasteiger partial charge is 0.334 e. The summed E-state index contributed by atoms with van der Waals surface area (Å²) in [4.78, 5) is 15.1. The molecule has 0 radical (unpaired) electrons. The molecular formula is C20H20N4OS. The van der Waals surface area contributed by atoms with Gasteiger partial charge in [0.2, 0.25) is 5.91 Å². The quantitative estimate of drug-likeness (QED) is 0.717. The standard InChI is InChI=1S/C20H20N4OS/c25-19(10-14-8-9-26-13-14)24-16-6-7-17(24)12-23-18(11-16)21-22-20(23)15-4-2-1-3-5-15/h1-5,8-9,13,16-17H,6-7,10-12H2/t16-,17+/m0/s1. The summed E-state index contributed by atoms with van der Waals surface area (Å²) in [7, 11) is 0. The minimum Gasteiger partial charge on any atom is -0.334 e. The van der Waals surface area contributed by atoms with Crippen LogP contribution in [0.15, 0.2) is 47.2 Å². The Labute approximate surface area is 156 Å². The molecule has 3 aromatic rings. The SMILES string of the molecule is O=C(Cc1ccsc1)N1[C@@H]2CC[C@H]1Cc1nnc(-c3ccccc3)n1C2. The van der Waals surface area contributed by atoms with Crippen LogP contribution in [-0.4, -0.2) is 37.7 Å². The van der Waals surface area contributed by atoms with Crippen LogP contribution in [0.4, 0.5) is 0 Å². The molecule has 1 amide bonds. The number of rotatable bonds is 3. The van der Waals surface area contributed by atoms with Gasteiger partial charge in [0, 0.05) is 24.6 Å². The van der Waals surface area contributed by atoms with Gasteiger partial charge in [-0.2, -0.15) is 11.3 Å². The lowest BCUT2D eigenvalue weighted by Gasteiger charge is -2.28. The van der Waals surface area contributed by atoms with Crippen LogP contribution in [0.2, 0.25) is 0 Å². The number of hydrogen-bond acceptors (Lipinski definition) is 4. The topological polar surface area (TPSA) is 51.0 Å². The molecule has 0 saturated carbocycles. The molecule has 2 aromatic heterocycles. The lowest BCUT2D eigenvalue weighted by Crippen LogP contribution is -2.42. The normalized spacial score (nSPS) is 21.5. The number of amides is 1. The van der Waals surface area contributed by atoms with Crippen molar-refractivity contribution in [3.05, 3.63) is 58.5 Å². The van der Waals surface area contributed by atoms with Crippen LogP contribution < -0.4 is 0 Å². The van der Waals surface area contributed by atoms with Crippen LogP contribution >= 0.6 is 11.3 Å². The van der Waals surface area contributed by atoms with E-state index in [4.69, 9.17) is 0 Å². The van der Waals surface area contributed by atoms with E-state index in [9.17, 15) is 4.79 Å². The summed E-state index contributed by atoms with van der Waals surface area (Å²) in [6.45, 7) is 0.790. The first-order chi connectivity index (χ1) is 12.8. The molecule has 5 nitrogen and oxygen atoms in total. The van der Waals surface area contributed by atoms with Gasteiger partial charge >= 0.3 is 0 Å². The maximum Gasteiger partial charge on any atom is 0.227 e. The number of fused-ring (bicyclic) bond motifs is 3. The van der Waals surface area contributed by atoms with Gasteiger partial charge in [-0.1, -0.05) is 30.3 Å². The average Bonchev–Trinajstić information content (AvgIpc) is 3.35. The third kappa shape index (κ3) is 2.65. The summed E-state index contributed by atoms with van der Waals surface area (Å²) in [5.41, 5.74) is 2.20. The van der Waals surface area contributed by atoms with Crippen molar-refractivity contribution in [2.75, 3.05) is 0 Å². The number of nitrogens with zero attached hydrogens (tertiary/aromatic N) is 4. The second-order valence-corrected chi connectivity index (χ2v) is 7.90. The fourth-order valence-electron chi connectivity index (χ4n) is 4.31. The van der Waals surface area contributed by atoms with E-state index in [0.717, 1.165) is 48.6 Å². The van der Waals surface area contributed by atoms with Gasteiger partial charge in [0.25, 0.3) is 0 Å². The molecule has 2 aliphatic heterocycles. The van der Waals surface area contributed by atoms with E-state index in [1.54, 1.807) is 11.3 Å². The molecule has 1 saturated heterocycles. The molecule has 0 N–H and O–H groups in total. The van der Waals surface area contributed by atoms with E-state index >= 15 is 0 Å². The molecule has 2 atom stereocenters. The Morgan fingerprint density at radius 2 is 1.96 bits per heavy atom. The smallest absolute Gasteiger partial charge is 0.227 e. The minimum absolute atomic E-state index is 0.242. The molecule has 0 aliphatic carbocycles. The lowest BCUT2D eigenvalue weighted by atomic mass is 10.1. The zero-order chi connectivity index (χ0) is 17.5. The Morgan fingerprint density at radius 3 is 2.77 bits per heavy atom. The lowest BCUT2D eigenvalue weighted by molar-refractivity contribution is -0.133. The first kappa shape index (κ1) is 15.8. The number of benzene rings is 1. The predicted molar refractivity (Wildman–Crippen MR) is 101 cm³/mol. The highest BCUT2D eigenvalue weighted by atomic mass is 32.1. The van der Waals surface area contributed by atoms with Crippen LogP contribution in [0.25, 0.3) is 11.4 Å². The predicted octanol–water partition coefficient (Wildman–Crippen LogP) is 3.17. The Balaban J connectivity index is 1.44. The van der Waals surface area contributed by atoms with Crippen LogP contribution in [0.5, 0.6) is 0 Å². The van der Waals surface area contributed by atoms with Crippen LogP contribution in [-0.2, 0) is 24.2 Å². The monoisotopic (exact) mass is 364 g/mol. The molecule has 6 heteroatoms. The van der Waals surface area contributed by atoms with Crippen molar-refractivity contribution in [2.24, 2.45) is 0 Å². The summed E-state index contributed by atoms with van der Waals surface area (Å²) in [5.74, 6) is 2.17. The fourth-order valence-corrected chi connectivity index (χ4v) is 4.98. The Morgan fingerprint density at radius 1 is 1.12 bits per heavy atom. The molecule has 0 spiro atoms. The number of hydrogen-bond donors (Lipinski definition) is 0. The van der Waals surface area contributed by atoms with E-state index in [-0.39, 0.29) is 18.0 Å². The molecule has 0 unspecified atom stereocenters. The third-order valence-corrected chi connectivity index (χ3v) is 6.25. The van der Waals surface area contributed by atoms with E-state index < -0.39 is 0 Å². The van der Waals surface area contributed by atoms with Crippen molar-refractivity contribution in [1.82, 2.24) is 19.7 Å². The maximum atomic E-state index is 13.0. The summed E-state index contributed by atoms with van der Waals surface area (Å²) < 4.78 is 2.23. The zero-order valence-electron chi connectivity index (χ0n) is 14.4. The van der Waals surface area contributed by atoms with Crippen molar-refractivity contribution < 1.29 is 4.79 Å². The summed E-state index contributed by atoms with van der Waals surface area (Å²) in [5, 5.41) is 13.0. The molecule has 5 rings (SSSR count). The van der Waals surface area contributed by atoms with E-state index in [0.29, 0.717) is 6.42 Å². The highest BCUT2D eigenvalue weighted by Crippen LogP contribution is 2.33. The maximum absolute atomic E-state index is 13.0. The van der Waals surface area contributed by atoms with Gasteiger partial charge in [-0.15, -0.1) is 10.2 Å². The van der Waals surface area contributed by atoms with Gasteiger partial charge in [-0.05, 0) is 35.2 Å². The summed E-state index contributed by atoms with van der Waals surface area (Å²) in [6, 6.07) is 12.7. The number of carbonyl (C=O) groups excluding carboxylic acids is 1. The van der Waals surface area contributed by atoms with Gasteiger partial charge in [-0.3, -0.25) is 4.79 Å². The average molecular weight is 364 g/mol. The van der Waals surface area contributed by atoms with E-state index in [2.05, 4.69) is 37.2 Å². The molecule has 2 aliphatic rings. The Kier molecular flexibility index (Phi) is 3.85. The van der Waals surface area contributed by atoms with Crippen molar-refractivity contribution in [1.29, 1.82) is 0 Å². The Hall–Kier alpha value is -2.47. The van der Waals surface area contributed by atoms with Crippen molar-refractivity contribution in [3.8, 4) is 11.4 Å².